The minimum atomic E-state index is -3.62. The molecule has 2 aliphatic rings. The fourth-order valence-corrected chi connectivity index (χ4v) is 4.66. The van der Waals surface area contributed by atoms with Crippen LogP contribution in [0.1, 0.15) is 0 Å². The van der Waals surface area contributed by atoms with Crippen molar-refractivity contribution in [3.05, 3.63) is 48.5 Å². The first-order valence-corrected chi connectivity index (χ1v) is 11.9. The van der Waals surface area contributed by atoms with Gasteiger partial charge in [-0.1, -0.05) is 0 Å². The van der Waals surface area contributed by atoms with E-state index in [0.29, 0.717) is 37.9 Å². The number of sulfone groups is 1. The summed E-state index contributed by atoms with van der Waals surface area (Å²) in [5.74, 6) is 1.22. The molecule has 0 bridgehead atoms. The molecule has 0 spiro atoms. The molecule has 168 valence electrons. The molecule has 4 rings (SSSR count). The predicted octanol–water partition coefficient (Wildman–Crippen LogP) is 1.25. The summed E-state index contributed by atoms with van der Waals surface area (Å²) in [5, 5.41) is 6.49. The average molecular weight is 449 g/mol. The molecule has 2 aromatic rings. The van der Waals surface area contributed by atoms with Gasteiger partial charge in [-0.2, -0.15) is 0 Å². The zero-order chi connectivity index (χ0) is 21.5. The van der Waals surface area contributed by atoms with Crippen molar-refractivity contribution in [2.45, 2.75) is 22.0 Å². The first kappa shape index (κ1) is 22.0. The maximum Gasteiger partial charge on any atom is 0.206 e. The summed E-state index contributed by atoms with van der Waals surface area (Å²) in [6.07, 6.45) is -0.00216. The predicted molar refractivity (Wildman–Crippen MR) is 115 cm³/mol. The minimum absolute atomic E-state index is 0.00108. The summed E-state index contributed by atoms with van der Waals surface area (Å²) in [6, 6.07) is 12.9. The molecule has 31 heavy (non-hydrogen) atoms. The molecule has 0 aromatic heterocycles. The number of ether oxygens (including phenoxy) is 4. The second kappa shape index (κ2) is 10.4. The number of nitrogens with one attached hydrogen (secondary N) is 2. The van der Waals surface area contributed by atoms with Crippen LogP contribution in [0.4, 0.5) is 0 Å². The number of hydrogen-bond acceptors (Lipinski definition) is 8. The number of benzene rings is 2. The Kier molecular flexibility index (Phi) is 7.41. The third-order valence-electron chi connectivity index (χ3n) is 5.15. The molecular formula is C22H28N2O6S. The maximum absolute atomic E-state index is 12.9. The van der Waals surface area contributed by atoms with Crippen LogP contribution in [0.2, 0.25) is 0 Å². The van der Waals surface area contributed by atoms with Crippen molar-refractivity contribution in [3.8, 4) is 11.5 Å². The van der Waals surface area contributed by atoms with Crippen molar-refractivity contribution >= 4 is 9.84 Å². The Morgan fingerprint density at radius 2 is 1.16 bits per heavy atom. The van der Waals surface area contributed by atoms with Gasteiger partial charge in [0, 0.05) is 26.2 Å². The number of hydrogen-bond donors (Lipinski definition) is 2. The van der Waals surface area contributed by atoms with Crippen LogP contribution in [-0.4, -0.2) is 73.2 Å². The maximum atomic E-state index is 12.9. The molecule has 0 aliphatic carbocycles. The van der Waals surface area contributed by atoms with Crippen molar-refractivity contribution in [3.63, 3.8) is 0 Å². The second-order valence-corrected chi connectivity index (χ2v) is 9.41. The highest BCUT2D eigenvalue weighted by Gasteiger charge is 2.19. The third kappa shape index (κ3) is 5.96. The van der Waals surface area contributed by atoms with Crippen molar-refractivity contribution in [1.29, 1.82) is 0 Å². The smallest absolute Gasteiger partial charge is 0.206 e. The molecule has 2 heterocycles. The van der Waals surface area contributed by atoms with Gasteiger partial charge in [0.1, 0.15) is 36.9 Å². The van der Waals surface area contributed by atoms with Crippen LogP contribution in [0.3, 0.4) is 0 Å². The zero-order valence-corrected chi connectivity index (χ0v) is 18.1. The van der Waals surface area contributed by atoms with E-state index in [4.69, 9.17) is 18.9 Å². The summed E-state index contributed by atoms with van der Waals surface area (Å²) < 4.78 is 48.5. The first-order valence-electron chi connectivity index (χ1n) is 10.5. The summed E-state index contributed by atoms with van der Waals surface area (Å²) in [7, 11) is -3.62. The molecule has 0 amide bonds. The van der Waals surface area contributed by atoms with Crippen LogP contribution < -0.4 is 20.1 Å². The van der Waals surface area contributed by atoms with Crippen LogP contribution in [0.15, 0.2) is 58.3 Å². The lowest BCUT2D eigenvalue weighted by molar-refractivity contribution is 0.000157. The molecular weight excluding hydrogens is 420 g/mol. The fourth-order valence-electron chi connectivity index (χ4n) is 3.40. The van der Waals surface area contributed by atoms with E-state index < -0.39 is 9.84 Å². The Bertz CT molecular complexity index is 850. The van der Waals surface area contributed by atoms with Crippen LogP contribution in [-0.2, 0) is 19.3 Å². The van der Waals surface area contributed by atoms with Crippen molar-refractivity contribution in [2.75, 3.05) is 52.6 Å². The lowest BCUT2D eigenvalue weighted by Gasteiger charge is -2.23. The van der Waals surface area contributed by atoms with E-state index in [9.17, 15) is 8.42 Å². The Morgan fingerprint density at radius 1 is 0.742 bits per heavy atom. The van der Waals surface area contributed by atoms with Crippen molar-refractivity contribution < 1.29 is 27.4 Å². The molecule has 0 saturated carbocycles. The Morgan fingerprint density at radius 3 is 1.52 bits per heavy atom. The van der Waals surface area contributed by atoms with Gasteiger partial charge in [-0.25, -0.2) is 8.42 Å². The van der Waals surface area contributed by atoms with E-state index in [1.54, 1.807) is 48.5 Å². The fraction of sp³-hybridized carbons (Fsp3) is 0.455. The second-order valence-electron chi connectivity index (χ2n) is 7.46. The summed E-state index contributed by atoms with van der Waals surface area (Å²) in [6.45, 7) is 5.37. The lowest BCUT2D eigenvalue weighted by atomic mass is 10.3. The van der Waals surface area contributed by atoms with E-state index in [1.165, 1.54) is 0 Å². The largest absolute Gasteiger partial charge is 0.491 e. The van der Waals surface area contributed by atoms with Crippen molar-refractivity contribution in [1.82, 2.24) is 10.6 Å². The highest BCUT2D eigenvalue weighted by molar-refractivity contribution is 7.91. The zero-order valence-electron chi connectivity index (χ0n) is 17.3. The molecule has 2 atom stereocenters. The Hall–Kier alpha value is -2.17. The Labute approximate surface area is 182 Å². The SMILES string of the molecule is O=S(=O)(c1ccc(OC[C@@H]2CNCCO2)cc1)c1ccc(OC[C@@H]2CNCCO2)cc1. The van der Waals surface area contributed by atoms with E-state index in [0.717, 1.165) is 26.2 Å². The number of rotatable bonds is 8. The third-order valence-corrected chi connectivity index (χ3v) is 6.93. The van der Waals surface area contributed by atoms with Gasteiger partial charge < -0.3 is 29.6 Å². The standard InChI is InChI=1S/C22H28N2O6S/c25-31(26,21-5-1-17(2-6-21)29-15-19-13-23-9-11-27-19)22-7-3-18(4-8-22)30-16-20-14-24-10-12-28-20/h1-8,19-20,23-24H,9-16H2/t19-,20-/m0/s1. The molecule has 9 heteroatoms. The monoisotopic (exact) mass is 448 g/mol. The van der Waals surface area contributed by atoms with Crippen molar-refractivity contribution in [2.24, 2.45) is 0 Å². The van der Waals surface area contributed by atoms with Gasteiger partial charge in [0.2, 0.25) is 9.84 Å². The molecule has 2 aromatic carbocycles. The van der Waals surface area contributed by atoms with E-state index in [1.807, 2.05) is 0 Å². The topological polar surface area (TPSA) is 95.1 Å². The van der Waals surface area contributed by atoms with Crippen LogP contribution >= 0.6 is 0 Å². The van der Waals surface area contributed by atoms with Gasteiger partial charge in [0.15, 0.2) is 0 Å². The van der Waals surface area contributed by atoms with Gasteiger partial charge in [0.25, 0.3) is 0 Å². The average Bonchev–Trinajstić information content (AvgIpc) is 2.83. The molecule has 8 nitrogen and oxygen atoms in total. The highest BCUT2D eigenvalue weighted by atomic mass is 32.2. The van der Waals surface area contributed by atoms with E-state index in [-0.39, 0.29) is 22.0 Å². The molecule has 2 aliphatic heterocycles. The van der Waals surface area contributed by atoms with Crippen LogP contribution in [0.5, 0.6) is 11.5 Å². The Balaban J connectivity index is 1.33. The van der Waals surface area contributed by atoms with Gasteiger partial charge in [0.05, 0.1) is 23.0 Å². The molecule has 2 N–H and O–H groups in total. The molecule has 0 unspecified atom stereocenters. The summed E-state index contributed by atoms with van der Waals surface area (Å²) >= 11 is 0. The first-order chi connectivity index (χ1) is 15.1. The number of morpholine rings is 2. The van der Waals surface area contributed by atoms with Crippen LogP contribution in [0, 0.1) is 0 Å². The van der Waals surface area contributed by atoms with E-state index >= 15 is 0 Å². The molecule has 0 radical (unpaired) electrons. The van der Waals surface area contributed by atoms with E-state index in [2.05, 4.69) is 10.6 Å². The quantitative estimate of drug-likeness (QED) is 0.623. The normalized spacial score (nSPS) is 22.1. The molecule has 2 fully saturated rings. The lowest BCUT2D eigenvalue weighted by Crippen LogP contribution is -2.41. The van der Waals surface area contributed by atoms with Gasteiger partial charge in [-0.15, -0.1) is 0 Å². The summed E-state index contributed by atoms with van der Waals surface area (Å²) in [4.78, 5) is 0.427. The summed E-state index contributed by atoms with van der Waals surface area (Å²) in [5.41, 5.74) is 0. The minimum Gasteiger partial charge on any atom is -0.491 e. The van der Waals surface area contributed by atoms with Gasteiger partial charge >= 0.3 is 0 Å². The van der Waals surface area contributed by atoms with Crippen LogP contribution in [0.25, 0.3) is 0 Å². The van der Waals surface area contributed by atoms with Gasteiger partial charge in [-0.05, 0) is 48.5 Å². The molecule has 2 saturated heterocycles. The van der Waals surface area contributed by atoms with Gasteiger partial charge in [-0.3, -0.25) is 0 Å². The highest BCUT2D eigenvalue weighted by Crippen LogP contribution is 2.25.